The number of amides is 2. The molecule has 3 aliphatic heterocycles. The van der Waals surface area contributed by atoms with Crippen LogP contribution in [0, 0.1) is 11.8 Å². The standard InChI is InChI=1S/C29H40N2O7/c1-5-17-30(20-11-13-21(36-4)14-12-20)26(34)24-29-16-15-28(3,38-29)23(27(35)37-6-2)22(29)25(33)31(24)18-9-7-8-10-19-32/h5,11-14,22-24,32H,1,6-10,15-19H2,2-4H3/t22-,23-,24?,28+,29?/m0/s1. The number of unbranched alkanes of at least 4 members (excludes halogenated alkanes) is 3. The number of likely N-dealkylation sites (tertiary alicyclic amines) is 1. The minimum absolute atomic E-state index is 0.126. The number of aliphatic hydroxyl groups excluding tert-OH is 1. The monoisotopic (exact) mass is 528 g/mol. The SMILES string of the molecule is C=CCN(C(=O)C1N(CCCCCCO)C(=O)[C@@H]2[C@@H](C(=O)OCC)[C@@]3(C)CCC12O3)c1ccc(OC)cc1. The maximum atomic E-state index is 14.4. The number of nitrogens with zero attached hydrogens (tertiary/aromatic N) is 2. The molecule has 208 valence electrons. The molecule has 3 heterocycles. The first-order valence-corrected chi connectivity index (χ1v) is 13.6. The van der Waals surface area contributed by atoms with E-state index in [1.165, 1.54) is 0 Å². The summed E-state index contributed by atoms with van der Waals surface area (Å²) in [6.07, 6.45) is 5.76. The fraction of sp³-hybridized carbons (Fsp3) is 0.621. The Hall–Kier alpha value is -2.91. The van der Waals surface area contributed by atoms with Gasteiger partial charge in [0.2, 0.25) is 5.91 Å². The number of methoxy groups -OCH3 is 1. The van der Waals surface area contributed by atoms with Gasteiger partial charge < -0.3 is 29.1 Å². The van der Waals surface area contributed by atoms with E-state index in [1.807, 2.05) is 6.92 Å². The van der Waals surface area contributed by atoms with Gasteiger partial charge in [-0.2, -0.15) is 0 Å². The van der Waals surface area contributed by atoms with Crippen LogP contribution in [0.25, 0.3) is 0 Å². The highest BCUT2D eigenvalue weighted by Crippen LogP contribution is 2.63. The Kier molecular flexibility index (Phi) is 8.47. The van der Waals surface area contributed by atoms with Gasteiger partial charge in [0, 0.05) is 25.4 Å². The summed E-state index contributed by atoms with van der Waals surface area (Å²) < 4.78 is 17.3. The maximum absolute atomic E-state index is 14.4. The molecule has 9 heteroatoms. The molecule has 2 amide bonds. The van der Waals surface area contributed by atoms with Gasteiger partial charge in [0.1, 0.15) is 23.3 Å². The molecule has 3 saturated heterocycles. The van der Waals surface area contributed by atoms with E-state index in [4.69, 9.17) is 19.3 Å². The van der Waals surface area contributed by atoms with E-state index in [2.05, 4.69) is 6.58 Å². The zero-order valence-corrected chi connectivity index (χ0v) is 22.7. The summed E-state index contributed by atoms with van der Waals surface area (Å²) in [5.41, 5.74) is -1.30. The minimum atomic E-state index is -1.10. The Morgan fingerprint density at radius 3 is 2.55 bits per heavy atom. The van der Waals surface area contributed by atoms with Crippen molar-refractivity contribution in [3.8, 4) is 5.75 Å². The van der Waals surface area contributed by atoms with Gasteiger partial charge in [0.25, 0.3) is 5.91 Å². The molecule has 0 aliphatic carbocycles. The van der Waals surface area contributed by atoms with Crippen molar-refractivity contribution in [3.63, 3.8) is 0 Å². The molecule has 3 aliphatic rings. The van der Waals surface area contributed by atoms with Crippen LogP contribution in [-0.4, -0.2) is 78.4 Å². The van der Waals surface area contributed by atoms with Crippen molar-refractivity contribution in [2.45, 2.75) is 69.6 Å². The number of esters is 1. The van der Waals surface area contributed by atoms with Gasteiger partial charge in [-0.05, 0) is 63.8 Å². The van der Waals surface area contributed by atoms with Crippen LogP contribution in [0.15, 0.2) is 36.9 Å². The lowest BCUT2D eigenvalue weighted by Gasteiger charge is -2.37. The van der Waals surface area contributed by atoms with E-state index in [1.54, 1.807) is 54.2 Å². The zero-order chi connectivity index (χ0) is 27.5. The van der Waals surface area contributed by atoms with Crippen molar-refractivity contribution in [2.75, 3.05) is 38.3 Å². The van der Waals surface area contributed by atoms with Crippen LogP contribution >= 0.6 is 0 Å². The molecule has 1 aromatic rings. The Morgan fingerprint density at radius 2 is 1.92 bits per heavy atom. The fourth-order valence-corrected chi connectivity index (χ4v) is 6.64. The molecule has 1 aromatic carbocycles. The number of hydrogen-bond donors (Lipinski definition) is 1. The van der Waals surface area contributed by atoms with Crippen LogP contribution in [-0.2, 0) is 23.9 Å². The van der Waals surface area contributed by atoms with E-state index >= 15 is 0 Å². The van der Waals surface area contributed by atoms with Gasteiger partial charge in [-0.3, -0.25) is 14.4 Å². The summed E-state index contributed by atoms with van der Waals surface area (Å²) in [5.74, 6) is -1.78. The number of benzene rings is 1. The lowest BCUT2D eigenvalue weighted by molar-refractivity contribution is -0.159. The van der Waals surface area contributed by atoms with Crippen LogP contribution in [0.2, 0.25) is 0 Å². The molecule has 4 rings (SSSR count). The predicted octanol–water partition coefficient (Wildman–Crippen LogP) is 3.09. The predicted molar refractivity (Wildman–Crippen MR) is 142 cm³/mol. The zero-order valence-electron chi connectivity index (χ0n) is 22.7. The van der Waals surface area contributed by atoms with Crippen molar-refractivity contribution in [1.82, 2.24) is 4.90 Å². The molecule has 2 unspecified atom stereocenters. The summed E-state index contributed by atoms with van der Waals surface area (Å²) >= 11 is 0. The molecule has 1 N–H and O–H groups in total. The maximum Gasteiger partial charge on any atom is 0.312 e. The third-order valence-electron chi connectivity index (χ3n) is 8.32. The third-order valence-corrected chi connectivity index (χ3v) is 8.32. The minimum Gasteiger partial charge on any atom is -0.497 e. The Labute approximate surface area is 224 Å². The number of carbonyl (C=O) groups is 3. The molecule has 1 spiro atoms. The van der Waals surface area contributed by atoms with Gasteiger partial charge in [-0.1, -0.05) is 18.9 Å². The normalized spacial score (nSPS) is 29.3. The van der Waals surface area contributed by atoms with Gasteiger partial charge in [0.05, 0.1) is 25.2 Å². The van der Waals surface area contributed by atoms with E-state index < -0.39 is 35.0 Å². The van der Waals surface area contributed by atoms with Gasteiger partial charge in [0.15, 0.2) is 0 Å². The second-order valence-electron chi connectivity index (χ2n) is 10.6. The highest BCUT2D eigenvalue weighted by atomic mass is 16.6. The lowest BCUT2D eigenvalue weighted by atomic mass is 9.66. The molecule has 3 fully saturated rings. The van der Waals surface area contributed by atoms with Gasteiger partial charge >= 0.3 is 5.97 Å². The van der Waals surface area contributed by atoms with E-state index in [0.29, 0.717) is 43.7 Å². The summed E-state index contributed by atoms with van der Waals surface area (Å²) in [5, 5.41) is 9.12. The first-order chi connectivity index (χ1) is 18.3. The van der Waals surface area contributed by atoms with Gasteiger partial charge in [-0.15, -0.1) is 6.58 Å². The molecule has 5 atom stereocenters. The van der Waals surface area contributed by atoms with E-state index in [0.717, 1.165) is 12.8 Å². The number of rotatable bonds is 13. The summed E-state index contributed by atoms with van der Waals surface area (Å²) in [6, 6.07) is 6.31. The van der Waals surface area contributed by atoms with E-state index in [-0.39, 0.29) is 31.6 Å². The van der Waals surface area contributed by atoms with Crippen LogP contribution in [0.1, 0.15) is 52.4 Å². The number of anilines is 1. The first kappa shape index (κ1) is 28.1. The van der Waals surface area contributed by atoms with Crippen molar-refractivity contribution in [2.24, 2.45) is 11.8 Å². The third kappa shape index (κ3) is 4.71. The lowest BCUT2D eigenvalue weighted by Crippen LogP contribution is -2.56. The Morgan fingerprint density at radius 1 is 1.21 bits per heavy atom. The van der Waals surface area contributed by atoms with Crippen LogP contribution in [0.4, 0.5) is 5.69 Å². The quantitative estimate of drug-likeness (QED) is 0.238. The number of aliphatic hydroxyl groups is 1. The van der Waals surface area contributed by atoms with Crippen molar-refractivity contribution < 1.29 is 33.7 Å². The molecule has 38 heavy (non-hydrogen) atoms. The van der Waals surface area contributed by atoms with Gasteiger partial charge in [-0.25, -0.2) is 0 Å². The largest absolute Gasteiger partial charge is 0.497 e. The second-order valence-corrected chi connectivity index (χ2v) is 10.6. The molecule has 0 saturated carbocycles. The summed E-state index contributed by atoms with van der Waals surface area (Å²) in [7, 11) is 1.58. The first-order valence-electron chi connectivity index (χ1n) is 13.6. The Balaban J connectivity index is 1.72. The number of fused-ring (bicyclic) bond motifs is 1. The molecular weight excluding hydrogens is 488 g/mol. The number of ether oxygens (including phenoxy) is 3. The fourth-order valence-electron chi connectivity index (χ4n) is 6.64. The molecule has 9 nitrogen and oxygen atoms in total. The van der Waals surface area contributed by atoms with E-state index in [9.17, 15) is 14.4 Å². The highest BCUT2D eigenvalue weighted by molar-refractivity contribution is 6.04. The topological polar surface area (TPSA) is 106 Å². The molecule has 2 bridgehead atoms. The van der Waals surface area contributed by atoms with Crippen LogP contribution < -0.4 is 9.64 Å². The molecule has 0 radical (unpaired) electrons. The summed E-state index contributed by atoms with van der Waals surface area (Å²) in [4.78, 5) is 44.9. The molecule has 0 aromatic heterocycles. The average molecular weight is 529 g/mol. The summed E-state index contributed by atoms with van der Waals surface area (Å²) in [6.45, 7) is 8.41. The second kappa shape index (κ2) is 11.5. The van der Waals surface area contributed by atoms with Crippen molar-refractivity contribution in [1.29, 1.82) is 0 Å². The van der Waals surface area contributed by atoms with Crippen molar-refractivity contribution in [3.05, 3.63) is 36.9 Å². The number of hydrogen-bond acceptors (Lipinski definition) is 7. The molecular formula is C29H40N2O7. The van der Waals surface area contributed by atoms with Crippen LogP contribution in [0.3, 0.4) is 0 Å². The van der Waals surface area contributed by atoms with Crippen LogP contribution in [0.5, 0.6) is 5.75 Å². The average Bonchev–Trinajstić information content (AvgIpc) is 3.47. The highest BCUT2D eigenvalue weighted by Gasteiger charge is 2.78. The number of carbonyl (C=O) groups excluding carboxylic acids is 3. The smallest absolute Gasteiger partial charge is 0.312 e. The van der Waals surface area contributed by atoms with Crippen molar-refractivity contribution >= 4 is 23.5 Å². The Bertz CT molecular complexity index is 1040.